The second-order valence-corrected chi connectivity index (χ2v) is 3.49. The van der Waals surface area contributed by atoms with Crippen LogP contribution in [0.4, 0.5) is 17.3 Å². The van der Waals surface area contributed by atoms with Crippen molar-refractivity contribution in [2.24, 2.45) is 5.84 Å². The minimum Gasteiger partial charge on any atom is -0.364 e. The van der Waals surface area contributed by atoms with Crippen LogP contribution in [0.3, 0.4) is 0 Å². The molecule has 10 nitrogen and oxygen atoms in total. The number of pyridine rings is 1. The summed E-state index contributed by atoms with van der Waals surface area (Å²) in [6.45, 7) is 0.376. The fourth-order valence-electron chi connectivity index (χ4n) is 1.40. The molecule has 0 radical (unpaired) electrons. The van der Waals surface area contributed by atoms with Gasteiger partial charge < -0.3 is 15.3 Å². The van der Waals surface area contributed by atoms with Crippen LogP contribution in [0.1, 0.15) is 5.82 Å². The number of nitrogens with zero attached hydrogens (tertiary/aromatic N) is 4. The lowest BCUT2D eigenvalue weighted by Crippen LogP contribution is -2.13. The third-order valence-corrected chi connectivity index (χ3v) is 2.27. The van der Waals surface area contributed by atoms with E-state index in [1.807, 2.05) is 0 Å². The van der Waals surface area contributed by atoms with E-state index in [0.29, 0.717) is 24.6 Å². The van der Waals surface area contributed by atoms with Crippen molar-refractivity contribution >= 4 is 17.3 Å². The summed E-state index contributed by atoms with van der Waals surface area (Å²) in [6.07, 6.45) is 1.67. The van der Waals surface area contributed by atoms with Crippen LogP contribution in [-0.2, 0) is 6.42 Å². The SMILES string of the molecule is NNc1ccc([N+](=O)[O-])c(NCCc2ncon2)n1. The van der Waals surface area contributed by atoms with E-state index in [0.717, 1.165) is 0 Å². The average Bonchev–Trinajstić information content (AvgIpc) is 2.91. The molecule has 100 valence electrons. The molecule has 0 saturated carbocycles. The summed E-state index contributed by atoms with van der Waals surface area (Å²) in [5.41, 5.74) is 2.19. The van der Waals surface area contributed by atoms with Gasteiger partial charge in [0.25, 0.3) is 0 Å². The average molecular weight is 265 g/mol. The minimum absolute atomic E-state index is 0.129. The number of nitrogens with one attached hydrogen (secondary N) is 2. The Labute approximate surface area is 107 Å². The van der Waals surface area contributed by atoms with Gasteiger partial charge in [-0.1, -0.05) is 5.16 Å². The first-order chi connectivity index (χ1) is 9.20. The van der Waals surface area contributed by atoms with Crippen molar-refractivity contribution in [1.82, 2.24) is 15.1 Å². The molecule has 0 saturated heterocycles. The highest BCUT2D eigenvalue weighted by atomic mass is 16.6. The van der Waals surface area contributed by atoms with E-state index in [2.05, 4.69) is 30.4 Å². The van der Waals surface area contributed by atoms with Gasteiger partial charge in [-0.25, -0.2) is 10.8 Å². The number of anilines is 2. The Bertz CT molecular complexity index is 557. The summed E-state index contributed by atoms with van der Waals surface area (Å²) < 4.78 is 4.58. The summed E-state index contributed by atoms with van der Waals surface area (Å²) in [5.74, 6) is 6.17. The Balaban J connectivity index is 2.06. The third kappa shape index (κ3) is 3.13. The first-order valence-electron chi connectivity index (χ1n) is 5.32. The van der Waals surface area contributed by atoms with Crippen molar-refractivity contribution in [2.45, 2.75) is 6.42 Å². The van der Waals surface area contributed by atoms with Gasteiger partial charge in [-0.05, 0) is 6.07 Å². The summed E-state index contributed by atoms with van der Waals surface area (Å²) in [4.78, 5) is 18.1. The molecule has 0 aromatic carbocycles. The van der Waals surface area contributed by atoms with Crippen molar-refractivity contribution in [2.75, 3.05) is 17.3 Å². The van der Waals surface area contributed by atoms with Crippen LogP contribution in [0.15, 0.2) is 23.0 Å². The Kier molecular flexibility index (Phi) is 3.83. The molecule has 0 fully saturated rings. The number of rotatable bonds is 6. The van der Waals surface area contributed by atoms with Gasteiger partial charge in [-0.2, -0.15) is 4.98 Å². The Hall–Kier alpha value is -2.75. The van der Waals surface area contributed by atoms with Gasteiger partial charge in [0, 0.05) is 19.0 Å². The molecule has 0 bridgehead atoms. The number of hydrazine groups is 1. The molecule has 0 amide bonds. The quantitative estimate of drug-likeness (QED) is 0.381. The molecule has 4 N–H and O–H groups in total. The second-order valence-electron chi connectivity index (χ2n) is 3.49. The first kappa shape index (κ1) is 12.7. The fraction of sp³-hybridized carbons (Fsp3) is 0.222. The van der Waals surface area contributed by atoms with Crippen LogP contribution < -0.4 is 16.6 Å². The Morgan fingerprint density at radius 1 is 1.47 bits per heavy atom. The number of hydrogen-bond donors (Lipinski definition) is 3. The lowest BCUT2D eigenvalue weighted by atomic mass is 10.3. The van der Waals surface area contributed by atoms with Crippen LogP contribution in [0.2, 0.25) is 0 Å². The molecule has 0 aliphatic rings. The van der Waals surface area contributed by atoms with E-state index in [4.69, 9.17) is 5.84 Å². The highest BCUT2D eigenvalue weighted by Crippen LogP contribution is 2.23. The predicted octanol–water partition coefficient (Wildman–Crippen LogP) is 0.313. The van der Waals surface area contributed by atoms with E-state index in [-0.39, 0.29) is 11.5 Å². The highest BCUT2D eigenvalue weighted by Gasteiger charge is 2.15. The molecule has 2 heterocycles. The molecule has 0 spiro atoms. The van der Waals surface area contributed by atoms with Crippen LogP contribution in [0, 0.1) is 10.1 Å². The maximum Gasteiger partial charge on any atom is 0.311 e. The summed E-state index contributed by atoms with van der Waals surface area (Å²) in [7, 11) is 0. The van der Waals surface area contributed by atoms with E-state index in [1.54, 1.807) is 0 Å². The van der Waals surface area contributed by atoms with E-state index < -0.39 is 4.92 Å². The zero-order chi connectivity index (χ0) is 13.7. The molecular formula is C9H11N7O3. The lowest BCUT2D eigenvalue weighted by molar-refractivity contribution is -0.384. The molecule has 0 aliphatic heterocycles. The molecule has 0 atom stereocenters. The maximum absolute atomic E-state index is 10.8. The number of aromatic nitrogens is 3. The van der Waals surface area contributed by atoms with Crippen LogP contribution in [0.5, 0.6) is 0 Å². The molecule has 0 unspecified atom stereocenters. The standard InChI is InChI=1S/C9H11N7O3/c10-14-8-2-1-6(16(17)18)9(13-8)11-4-3-7-12-5-19-15-7/h1-2,5H,3-4,10H2,(H2,11,13,14). The third-order valence-electron chi connectivity index (χ3n) is 2.27. The van der Waals surface area contributed by atoms with Gasteiger partial charge in [0.1, 0.15) is 5.82 Å². The lowest BCUT2D eigenvalue weighted by Gasteiger charge is -2.06. The van der Waals surface area contributed by atoms with E-state index in [9.17, 15) is 10.1 Å². The zero-order valence-electron chi connectivity index (χ0n) is 9.74. The molecule has 2 rings (SSSR count). The highest BCUT2D eigenvalue weighted by molar-refractivity contribution is 5.59. The molecule has 2 aromatic rings. The zero-order valence-corrected chi connectivity index (χ0v) is 9.74. The van der Waals surface area contributed by atoms with Gasteiger partial charge in [0.15, 0.2) is 5.82 Å². The van der Waals surface area contributed by atoms with Gasteiger partial charge >= 0.3 is 5.69 Å². The normalized spacial score (nSPS) is 10.2. The van der Waals surface area contributed by atoms with Gasteiger partial charge in [0.2, 0.25) is 12.2 Å². The van der Waals surface area contributed by atoms with Gasteiger partial charge in [0.05, 0.1) is 4.92 Å². The molecule has 19 heavy (non-hydrogen) atoms. The fourth-order valence-corrected chi connectivity index (χ4v) is 1.40. The summed E-state index contributed by atoms with van der Waals surface area (Å²) >= 11 is 0. The van der Waals surface area contributed by atoms with Gasteiger partial charge in [-0.15, -0.1) is 0 Å². The second kappa shape index (κ2) is 5.73. The van der Waals surface area contributed by atoms with Crippen molar-refractivity contribution in [1.29, 1.82) is 0 Å². The maximum atomic E-state index is 10.8. The molecule has 2 aromatic heterocycles. The number of hydrogen-bond acceptors (Lipinski definition) is 9. The molecule has 10 heteroatoms. The van der Waals surface area contributed by atoms with E-state index in [1.165, 1.54) is 18.5 Å². The van der Waals surface area contributed by atoms with Crippen molar-refractivity contribution in [3.8, 4) is 0 Å². The first-order valence-corrected chi connectivity index (χ1v) is 5.32. The summed E-state index contributed by atoms with van der Waals surface area (Å²) in [6, 6.07) is 2.74. The van der Waals surface area contributed by atoms with Crippen molar-refractivity contribution in [3.05, 3.63) is 34.5 Å². The monoisotopic (exact) mass is 265 g/mol. The van der Waals surface area contributed by atoms with Crippen LogP contribution in [0.25, 0.3) is 0 Å². The molecular weight excluding hydrogens is 254 g/mol. The number of nitrogens with two attached hydrogens (primary N) is 1. The number of nitrogen functional groups attached to an aromatic ring is 1. The summed E-state index contributed by atoms with van der Waals surface area (Å²) in [5, 5.41) is 17.3. The predicted molar refractivity (Wildman–Crippen MR) is 65.2 cm³/mol. The van der Waals surface area contributed by atoms with E-state index >= 15 is 0 Å². The minimum atomic E-state index is -0.524. The topological polar surface area (TPSA) is 145 Å². The van der Waals surface area contributed by atoms with Gasteiger partial charge in [-0.3, -0.25) is 10.1 Å². The van der Waals surface area contributed by atoms with Crippen LogP contribution in [-0.4, -0.2) is 26.6 Å². The van der Waals surface area contributed by atoms with Crippen molar-refractivity contribution in [3.63, 3.8) is 0 Å². The Morgan fingerprint density at radius 2 is 2.32 bits per heavy atom. The van der Waals surface area contributed by atoms with Crippen LogP contribution >= 0.6 is 0 Å². The largest absolute Gasteiger partial charge is 0.364 e. The molecule has 0 aliphatic carbocycles. The van der Waals surface area contributed by atoms with Crippen molar-refractivity contribution < 1.29 is 9.45 Å². The Morgan fingerprint density at radius 3 is 2.95 bits per heavy atom. The smallest absolute Gasteiger partial charge is 0.311 e. The number of nitro groups is 1.